The fraction of sp³-hybridized carbons (Fsp3) is 0.0714. The molecule has 96 valence electrons. The summed E-state index contributed by atoms with van der Waals surface area (Å²) in [5, 5.41) is 20.3. The first kappa shape index (κ1) is 12.8. The number of hydrogen-bond acceptors (Lipinski definition) is 4. The molecule has 2 aromatic carbocycles. The van der Waals surface area contributed by atoms with Crippen LogP contribution in [-0.4, -0.2) is 15.8 Å². The van der Waals surface area contributed by atoms with Crippen LogP contribution in [-0.2, 0) is 0 Å². The molecule has 5 heteroatoms. The molecular weight excluding hydrogens is 246 g/mol. The predicted molar refractivity (Wildman–Crippen MR) is 70.2 cm³/mol. The van der Waals surface area contributed by atoms with Crippen LogP contribution in [0.15, 0.2) is 42.5 Å². The van der Waals surface area contributed by atoms with E-state index >= 15 is 0 Å². The van der Waals surface area contributed by atoms with Gasteiger partial charge < -0.3 is 5.11 Å². The molecule has 2 aromatic rings. The molecule has 0 unspecified atom stereocenters. The van der Waals surface area contributed by atoms with Gasteiger partial charge in [-0.05, 0) is 30.7 Å². The van der Waals surface area contributed by atoms with Gasteiger partial charge in [0.1, 0.15) is 5.75 Å². The minimum absolute atomic E-state index is 0.0896. The van der Waals surface area contributed by atoms with Crippen molar-refractivity contribution in [3.63, 3.8) is 0 Å². The Labute approximate surface area is 109 Å². The third-order valence-electron chi connectivity index (χ3n) is 2.78. The summed E-state index contributed by atoms with van der Waals surface area (Å²) >= 11 is 0. The smallest absolute Gasteiger partial charge is 0.277 e. The molecule has 0 heterocycles. The van der Waals surface area contributed by atoms with Crippen LogP contribution in [0.3, 0.4) is 0 Å². The van der Waals surface area contributed by atoms with Gasteiger partial charge in [-0.1, -0.05) is 18.2 Å². The van der Waals surface area contributed by atoms with Crippen LogP contribution in [0.4, 0.5) is 5.69 Å². The molecule has 0 saturated heterocycles. The molecule has 5 nitrogen and oxygen atoms in total. The molecule has 0 aromatic heterocycles. The molecule has 0 spiro atoms. The molecule has 0 bridgehead atoms. The number of aromatic hydroxyl groups is 1. The van der Waals surface area contributed by atoms with Gasteiger partial charge in [-0.25, -0.2) is 0 Å². The van der Waals surface area contributed by atoms with Crippen LogP contribution in [0.1, 0.15) is 17.3 Å². The standard InChI is InChI=1S/C14H11NO4/c1-9(16)11-4-7-13(14(8-11)15(18)19)10-2-5-12(17)6-3-10/h2-8,17H,1H3. The highest BCUT2D eigenvalue weighted by Gasteiger charge is 2.17. The van der Waals surface area contributed by atoms with Crippen molar-refractivity contribution >= 4 is 11.5 Å². The van der Waals surface area contributed by atoms with Crippen molar-refractivity contribution in [2.75, 3.05) is 0 Å². The van der Waals surface area contributed by atoms with Crippen LogP contribution in [0.25, 0.3) is 11.1 Å². The second-order valence-corrected chi connectivity index (χ2v) is 4.09. The summed E-state index contributed by atoms with van der Waals surface area (Å²) in [4.78, 5) is 21.8. The van der Waals surface area contributed by atoms with Gasteiger partial charge in [-0.2, -0.15) is 0 Å². The molecule has 0 saturated carbocycles. The van der Waals surface area contributed by atoms with E-state index in [9.17, 15) is 20.0 Å². The van der Waals surface area contributed by atoms with Crippen LogP contribution in [0.2, 0.25) is 0 Å². The Bertz CT molecular complexity index is 647. The summed E-state index contributed by atoms with van der Waals surface area (Å²) in [6, 6.07) is 10.5. The Balaban J connectivity index is 2.59. The van der Waals surface area contributed by atoms with Crippen molar-refractivity contribution < 1.29 is 14.8 Å². The Morgan fingerprint density at radius 2 is 1.79 bits per heavy atom. The monoisotopic (exact) mass is 257 g/mol. The van der Waals surface area contributed by atoms with Gasteiger partial charge in [0.15, 0.2) is 5.78 Å². The molecule has 2 rings (SSSR count). The summed E-state index contributed by atoms with van der Waals surface area (Å²) in [5.41, 5.74) is 1.20. The average molecular weight is 257 g/mol. The van der Waals surface area contributed by atoms with Gasteiger partial charge in [-0.3, -0.25) is 14.9 Å². The van der Waals surface area contributed by atoms with Gasteiger partial charge in [0, 0.05) is 11.6 Å². The second-order valence-electron chi connectivity index (χ2n) is 4.09. The van der Waals surface area contributed by atoms with Gasteiger partial charge in [-0.15, -0.1) is 0 Å². The van der Waals surface area contributed by atoms with Crippen molar-refractivity contribution in [1.82, 2.24) is 0 Å². The number of carbonyl (C=O) groups excluding carboxylic acids is 1. The fourth-order valence-electron chi connectivity index (χ4n) is 1.79. The van der Waals surface area contributed by atoms with E-state index in [2.05, 4.69) is 0 Å². The van der Waals surface area contributed by atoms with Crippen molar-refractivity contribution in [2.45, 2.75) is 6.92 Å². The van der Waals surface area contributed by atoms with Crippen LogP contribution >= 0.6 is 0 Å². The number of ketones is 1. The van der Waals surface area contributed by atoms with Crippen molar-refractivity contribution in [3.8, 4) is 16.9 Å². The minimum atomic E-state index is -0.519. The van der Waals surface area contributed by atoms with E-state index in [0.717, 1.165) is 0 Å². The zero-order valence-electron chi connectivity index (χ0n) is 10.2. The summed E-state index contributed by atoms with van der Waals surface area (Å²) < 4.78 is 0. The SMILES string of the molecule is CC(=O)c1ccc(-c2ccc(O)cc2)c([N+](=O)[O-])c1. The topological polar surface area (TPSA) is 80.4 Å². The number of nitro benzene ring substituents is 1. The maximum absolute atomic E-state index is 11.3. The summed E-state index contributed by atoms with van der Waals surface area (Å²) in [7, 11) is 0. The Hall–Kier alpha value is -2.69. The van der Waals surface area contributed by atoms with E-state index in [1.165, 1.54) is 25.1 Å². The lowest BCUT2D eigenvalue weighted by Crippen LogP contribution is -1.97. The highest BCUT2D eigenvalue weighted by molar-refractivity contribution is 5.96. The Morgan fingerprint density at radius 3 is 2.32 bits per heavy atom. The lowest BCUT2D eigenvalue weighted by Gasteiger charge is -2.05. The molecule has 0 atom stereocenters. The molecule has 0 aliphatic heterocycles. The number of phenolic OH excluding ortho intramolecular Hbond substituents is 1. The predicted octanol–water partition coefficient (Wildman–Crippen LogP) is 3.17. The van der Waals surface area contributed by atoms with Crippen LogP contribution < -0.4 is 0 Å². The molecule has 0 aliphatic carbocycles. The van der Waals surface area contributed by atoms with Crippen molar-refractivity contribution in [2.24, 2.45) is 0 Å². The van der Waals surface area contributed by atoms with Crippen molar-refractivity contribution in [3.05, 3.63) is 58.1 Å². The number of hydrogen-bond donors (Lipinski definition) is 1. The normalized spacial score (nSPS) is 10.2. The van der Waals surface area contributed by atoms with Crippen LogP contribution in [0, 0.1) is 10.1 Å². The van der Waals surface area contributed by atoms with E-state index in [4.69, 9.17) is 0 Å². The van der Waals surface area contributed by atoms with E-state index in [1.807, 2.05) is 0 Å². The quantitative estimate of drug-likeness (QED) is 0.520. The van der Waals surface area contributed by atoms with Gasteiger partial charge in [0.05, 0.1) is 10.5 Å². The van der Waals surface area contributed by atoms with Crippen molar-refractivity contribution in [1.29, 1.82) is 0 Å². The summed E-state index contributed by atoms with van der Waals surface area (Å²) in [5.74, 6) is -0.132. The lowest BCUT2D eigenvalue weighted by molar-refractivity contribution is -0.384. The number of Topliss-reactive ketones (excluding diaryl/α,β-unsaturated/α-hetero) is 1. The zero-order valence-corrected chi connectivity index (χ0v) is 10.2. The molecule has 1 N–H and O–H groups in total. The Morgan fingerprint density at radius 1 is 1.16 bits per heavy atom. The summed E-state index contributed by atoms with van der Waals surface area (Å²) in [6.45, 7) is 1.36. The number of carbonyl (C=O) groups is 1. The number of phenols is 1. The van der Waals surface area contributed by atoms with Crippen LogP contribution in [0.5, 0.6) is 5.75 Å². The number of nitro groups is 1. The third kappa shape index (κ3) is 2.60. The number of benzene rings is 2. The van der Waals surface area contributed by atoms with E-state index < -0.39 is 4.92 Å². The van der Waals surface area contributed by atoms with Gasteiger partial charge in [0.25, 0.3) is 5.69 Å². The number of nitrogens with zero attached hydrogens (tertiary/aromatic N) is 1. The fourth-order valence-corrected chi connectivity index (χ4v) is 1.79. The zero-order chi connectivity index (χ0) is 14.0. The lowest BCUT2D eigenvalue weighted by atomic mass is 10.0. The summed E-state index contributed by atoms with van der Waals surface area (Å²) in [6.07, 6.45) is 0. The maximum atomic E-state index is 11.3. The molecule has 0 radical (unpaired) electrons. The van der Waals surface area contributed by atoms with Gasteiger partial charge in [0.2, 0.25) is 0 Å². The first-order chi connectivity index (χ1) is 8.99. The first-order valence-electron chi connectivity index (χ1n) is 5.58. The molecule has 0 amide bonds. The average Bonchev–Trinajstić information content (AvgIpc) is 2.38. The minimum Gasteiger partial charge on any atom is -0.508 e. The third-order valence-corrected chi connectivity index (χ3v) is 2.78. The Kier molecular flexibility index (Phi) is 3.29. The molecule has 0 fully saturated rings. The molecule has 0 aliphatic rings. The maximum Gasteiger partial charge on any atom is 0.277 e. The molecular formula is C14H11NO4. The van der Waals surface area contributed by atoms with E-state index in [0.29, 0.717) is 16.7 Å². The first-order valence-corrected chi connectivity index (χ1v) is 5.58. The second kappa shape index (κ2) is 4.89. The molecule has 19 heavy (non-hydrogen) atoms. The number of rotatable bonds is 3. The van der Waals surface area contributed by atoms with E-state index in [1.54, 1.807) is 24.3 Å². The van der Waals surface area contributed by atoms with E-state index in [-0.39, 0.29) is 17.2 Å². The van der Waals surface area contributed by atoms with Gasteiger partial charge >= 0.3 is 0 Å². The highest BCUT2D eigenvalue weighted by Crippen LogP contribution is 2.31. The largest absolute Gasteiger partial charge is 0.508 e. The highest BCUT2D eigenvalue weighted by atomic mass is 16.6.